The molecule has 8 heteroatoms. The molecule has 0 saturated carbocycles. The minimum Gasteiger partial charge on any atom is -0.365 e. The summed E-state index contributed by atoms with van der Waals surface area (Å²) in [6.45, 7) is 2.83. The minimum atomic E-state index is -0.762. The van der Waals surface area contributed by atoms with Crippen molar-refractivity contribution in [1.29, 1.82) is 0 Å². The number of carbonyl (C=O) groups excluding carboxylic acids is 1. The summed E-state index contributed by atoms with van der Waals surface area (Å²) < 4.78 is 11.3. The Morgan fingerprint density at radius 3 is 2.64 bits per heavy atom. The molecule has 1 saturated heterocycles. The van der Waals surface area contributed by atoms with Gasteiger partial charge in [0.2, 0.25) is 0 Å². The van der Waals surface area contributed by atoms with Crippen LogP contribution in [-0.2, 0) is 9.47 Å². The van der Waals surface area contributed by atoms with Gasteiger partial charge in [-0.05, 0) is 18.9 Å². The average Bonchev–Trinajstić information content (AvgIpc) is 3.04. The van der Waals surface area contributed by atoms with E-state index < -0.39 is 16.6 Å². The van der Waals surface area contributed by atoms with E-state index in [2.05, 4.69) is 0 Å². The lowest BCUT2D eigenvalue weighted by molar-refractivity contribution is -0.384. The lowest BCUT2D eigenvalue weighted by atomic mass is 9.92. The van der Waals surface area contributed by atoms with Crippen LogP contribution in [0.3, 0.4) is 0 Å². The Bertz CT molecular complexity index is 673. The van der Waals surface area contributed by atoms with Crippen molar-refractivity contribution in [3.63, 3.8) is 0 Å². The van der Waals surface area contributed by atoms with E-state index in [0.717, 1.165) is 5.57 Å². The highest BCUT2D eigenvalue weighted by molar-refractivity contribution is 7.14. The highest BCUT2D eigenvalue weighted by atomic mass is 32.1. The number of primary amides is 1. The summed E-state index contributed by atoms with van der Waals surface area (Å²) in [5.74, 6) is -1.33. The summed E-state index contributed by atoms with van der Waals surface area (Å²) in [6, 6.07) is 0. The van der Waals surface area contributed by atoms with Crippen LogP contribution in [0.15, 0.2) is 6.08 Å². The van der Waals surface area contributed by atoms with Crippen molar-refractivity contribution in [3.05, 3.63) is 31.5 Å². The molecule has 2 aliphatic rings. The van der Waals surface area contributed by atoms with Crippen molar-refractivity contribution in [2.75, 3.05) is 13.2 Å². The van der Waals surface area contributed by atoms with Crippen molar-refractivity contribution in [1.82, 2.24) is 0 Å². The lowest BCUT2D eigenvalue weighted by Gasteiger charge is -2.30. The van der Waals surface area contributed by atoms with E-state index >= 15 is 0 Å². The molecular formula is C14H16N2O5S. The quantitative estimate of drug-likeness (QED) is 0.679. The first-order chi connectivity index (χ1) is 10.4. The highest BCUT2D eigenvalue weighted by Crippen LogP contribution is 2.45. The third-order valence-electron chi connectivity index (χ3n) is 4.03. The van der Waals surface area contributed by atoms with Gasteiger partial charge in [-0.1, -0.05) is 6.08 Å². The molecule has 2 heterocycles. The van der Waals surface area contributed by atoms with Crippen LogP contribution in [-0.4, -0.2) is 29.8 Å². The fourth-order valence-electron chi connectivity index (χ4n) is 2.99. The van der Waals surface area contributed by atoms with Crippen molar-refractivity contribution in [2.45, 2.75) is 32.0 Å². The SMILES string of the molecule is Cc1sc(C2=CCC3(CC2)OCCO3)c([N+](=O)[O-])c1C(N)=O. The zero-order valence-electron chi connectivity index (χ0n) is 12.1. The molecule has 0 bridgehead atoms. The molecule has 118 valence electrons. The molecule has 0 aromatic carbocycles. The molecule has 1 spiro atoms. The van der Waals surface area contributed by atoms with Gasteiger partial charge in [0.25, 0.3) is 5.91 Å². The molecule has 1 aromatic rings. The first kappa shape index (κ1) is 15.1. The van der Waals surface area contributed by atoms with Gasteiger partial charge in [0, 0.05) is 17.7 Å². The second-order valence-corrected chi connectivity index (χ2v) is 6.60. The van der Waals surface area contributed by atoms with Crippen LogP contribution in [0.1, 0.15) is 39.4 Å². The van der Waals surface area contributed by atoms with E-state index in [1.807, 2.05) is 6.08 Å². The van der Waals surface area contributed by atoms with Gasteiger partial charge in [0.15, 0.2) is 5.79 Å². The minimum absolute atomic E-state index is 0.0135. The molecule has 22 heavy (non-hydrogen) atoms. The van der Waals surface area contributed by atoms with E-state index in [1.54, 1.807) is 6.92 Å². The Hall–Kier alpha value is -1.77. The zero-order valence-corrected chi connectivity index (χ0v) is 12.9. The smallest absolute Gasteiger partial charge is 0.300 e. The maximum absolute atomic E-state index is 11.5. The maximum atomic E-state index is 11.5. The lowest BCUT2D eigenvalue weighted by Crippen LogP contribution is -2.31. The number of thiophene rings is 1. The largest absolute Gasteiger partial charge is 0.365 e. The van der Waals surface area contributed by atoms with Crippen LogP contribution in [0.2, 0.25) is 0 Å². The Balaban J connectivity index is 1.99. The molecule has 0 radical (unpaired) electrons. The summed E-state index contributed by atoms with van der Waals surface area (Å²) in [6.07, 6.45) is 3.73. The molecule has 1 amide bonds. The number of carbonyl (C=O) groups is 1. The van der Waals surface area contributed by atoms with Crippen LogP contribution < -0.4 is 5.73 Å². The summed E-state index contributed by atoms with van der Waals surface area (Å²) in [5.41, 5.74) is 5.99. The second-order valence-electron chi connectivity index (χ2n) is 5.37. The van der Waals surface area contributed by atoms with Crippen molar-refractivity contribution in [3.8, 4) is 0 Å². The molecule has 1 aliphatic heterocycles. The van der Waals surface area contributed by atoms with Gasteiger partial charge in [-0.2, -0.15) is 0 Å². The molecular weight excluding hydrogens is 308 g/mol. The molecule has 2 N–H and O–H groups in total. The number of nitro groups is 1. The summed E-state index contributed by atoms with van der Waals surface area (Å²) in [5, 5.41) is 11.4. The molecule has 3 rings (SSSR count). The van der Waals surface area contributed by atoms with E-state index in [1.165, 1.54) is 11.3 Å². The number of aryl methyl sites for hydroxylation is 1. The van der Waals surface area contributed by atoms with Gasteiger partial charge < -0.3 is 15.2 Å². The predicted molar refractivity (Wildman–Crippen MR) is 80.7 cm³/mol. The van der Waals surface area contributed by atoms with E-state index in [9.17, 15) is 14.9 Å². The summed E-state index contributed by atoms with van der Waals surface area (Å²) >= 11 is 1.24. The van der Waals surface area contributed by atoms with Crippen LogP contribution in [0, 0.1) is 17.0 Å². The first-order valence-corrected chi connectivity index (χ1v) is 7.80. The normalized spacial score (nSPS) is 20.1. The second kappa shape index (κ2) is 5.45. The Labute approximate surface area is 130 Å². The Morgan fingerprint density at radius 1 is 1.45 bits per heavy atom. The van der Waals surface area contributed by atoms with Crippen molar-refractivity contribution < 1.29 is 19.2 Å². The standard InChI is InChI=1S/C14H16N2O5S/c1-8-10(13(15)17)11(16(18)19)12(22-8)9-2-4-14(5-3-9)20-6-7-21-14/h2H,3-7H2,1H3,(H2,15,17). The third-order valence-corrected chi connectivity index (χ3v) is 5.20. The number of allylic oxidation sites excluding steroid dienone is 1. The van der Waals surface area contributed by atoms with Gasteiger partial charge >= 0.3 is 5.69 Å². The number of amides is 1. The highest BCUT2D eigenvalue weighted by Gasteiger charge is 2.39. The maximum Gasteiger partial charge on any atom is 0.300 e. The predicted octanol–water partition coefficient (Wildman–Crippen LogP) is 2.37. The number of nitrogens with zero attached hydrogens (tertiary/aromatic N) is 1. The van der Waals surface area contributed by atoms with Crippen molar-refractivity contribution >= 4 is 28.5 Å². The van der Waals surface area contributed by atoms with Crippen molar-refractivity contribution in [2.24, 2.45) is 5.73 Å². The van der Waals surface area contributed by atoms with E-state index in [-0.39, 0.29) is 11.3 Å². The van der Waals surface area contributed by atoms with Crippen LogP contribution >= 0.6 is 11.3 Å². The summed E-state index contributed by atoms with van der Waals surface area (Å²) in [7, 11) is 0. The van der Waals surface area contributed by atoms with Crippen LogP contribution in [0.4, 0.5) is 5.69 Å². The number of nitrogens with two attached hydrogens (primary N) is 1. The molecule has 0 unspecified atom stereocenters. The van der Waals surface area contributed by atoms with Gasteiger partial charge in [-0.15, -0.1) is 11.3 Å². The van der Waals surface area contributed by atoms with Gasteiger partial charge in [-0.25, -0.2) is 0 Å². The number of hydrogen-bond donors (Lipinski definition) is 1. The monoisotopic (exact) mass is 324 g/mol. The molecule has 1 fully saturated rings. The van der Waals surface area contributed by atoms with Gasteiger partial charge in [0.1, 0.15) is 10.4 Å². The zero-order chi connectivity index (χ0) is 15.9. The Morgan fingerprint density at radius 2 is 2.14 bits per heavy atom. The van der Waals surface area contributed by atoms with Gasteiger partial charge in [0.05, 0.1) is 18.1 Å². The van der Waals surface area contributed by atoms with E-state index in [0.29, 0.717) is 42.2 Å². The number of ether oxygens (including phenoxy) is 2. The molecule has 1 aliphatic carbocycles. The number of rotatable bonds is 3. The third kappa shape index (κ3) is 2.43. The Kier molecular flexibility index (Phi) is 3.75. The van der Waals surface area contributed by atoms with Crippen LogP contribution in [0.25, 0.3) is 5.57 Å². The molecule has 0 atom stereocenters. The topological polar surface area (TPSA) is 105 Å². The molecule has 1 aromatic heterocycles. The van der Waals surface area contributed by atoms with Crippen LogP contribution in [0.5, 0.6) is 0 Å². The van der Waals surface area contributed by atoms with Gasteiger partial charge in [-0.3, -0.25) is 14.9 Å². The average molecular weight is 324 g/mol. The molecule has 7 nitrogen and oxygen atoms in total. The fraction of sp³-hybridized carbons (Fsp3) is 0.500. The fourth-order valence-corrected chi connectivity index (χ4v) is 4.18. The first-order valence-electron chi connectivity index (χ1n) is 6.98. The van der Waals surface area contributed by atoms with E-state index in [4.69, 9.17) is 15.2 Å². The summed E-state index contributed by atoms with van der Waals surface area (Å²) in [4.78, 5) is 23.5. The number of hydrogen-bond acceptors (Lipinski definition) is 6.